The van der Waals surface area contributed by atoms with Crippen LogP contribution in [0.2, 0.25) is 0 Å². The highest BCUT2D eigenvalue weighted by molar-refractivity contribution is 7.89. The lowest BCUT2D eigenvalue weighted by Gasteiger charge is -2.32. The van der Waals surface area contributed by atoms with Gasteiger partial charge in [-0.05, 0) is 23.6 Å². The molecule has 0 saturated carbocycles. The fraction of sp³-hybridized carbons (Fsp3) is 0.350. The highest BCUT2D eigenvalue weighted by atomic mass is 32.2. The van der Waals surface area contributed by atoms with E-state index in [1.54, 1.807) is 52.6 Å². The summed E-state index contributed by atoms with van der Waals surface area (Å²) in [6.07, 6.45) is 1.74. The average Bonchev–Trinajstić information content (AvgIpc) is 3.22. The minimum Gasteiger partial charge on any atom is -0.329 e. The molecule has 6 nitrogen and oxygen atoms in total. The minimum absolute atomic E-state index is 0.0719. The largest absolute Gasteiger partial charge is 0.329 e. The van der Waals surface area contributed by atoms with E-state index in [0.29, 0.717) is 50.7 Å². The first-order valence-electron chi connectivity index (χ1n) is 9.30. The molecule has 1 fully saturated rings. The van der Waals surface area contributed by atoms with Gasteiger partial charge in [0, 0.05) is 11.4 Å². The van der Waals surface area contributed by atoms with Crippen LogP contribution in [0, 0.1) is 0 Å². The summed E-state index contributed by atoms with van der Waals surface area (Å²) in [6.45, 7) is 7.32. The lowest BCUT2D eigenvalue weighted by molar-refractivity contribution is -0.896. The van der Waals surface area contributed by atoms with Gasteiger partial charge in [-0.15, -0.1) is 17.9 Å². The molecule has 2 aromatic rings. The fourth-order valence-electron chi connectivity index (χ4n) is 3.29. The van der Waals surface area contributed by atoms with E-state index in [9.17, 15) is 13.2 Å². The second-order valence-electron chi connectivity index (χ2n) is 6.79. The zero-order valence-corrected chi connectivity index (χ0v) is 17.4. The Morgan fingerprint density at radius 1 is 1.18 bits per heavy atom. The first kappa shape index (κ1) is 20.7. The highest BCUT2D eigenvalue weighted by Crippen LogP contribution is 2.15. The van der Waals surface area contributed by atoms with Crippen molar-refractivity contribution in [3.05, 3.63) is 65.4 Å². The lowest BCUT2D eigenvalue weighted by Crippen LogP contribution is -3.15. The Bertz CT molecular complexity index is 875. The van der Waals surface area contributed by atoms with Crippen LogP contribution in [0.4, 0.5) is 0 Å². The molecule has 0 radical (unpaired) electrons. The number of hydrogen-bond donors (Lipinski definition) is 1. The third kappa shape index (κ3) is 5.08. The number of amides is 1. The summed E-state index contributed by atoms with van der Waals surface area (Å²) in [5, 5.41) is 2.00. The molecule has 0 unspecified atom stereocenters. The molecular formula is C20H26N3O3S2+. The topological polar surface area (TPSA) is 62.1 Å². The quantitative estimate of drug-likeness (QED) is 0.644. The first-order valence-corrected chi connectivity index (χ1v) is 11.6. The summed E-state index contributed by atoms with van der Waals surface area (Å²) in [5.74, 6) is 0.0719. The van der Waals surface area contributed by atoms with E-state index in [-0.39, 0.29) is 5.91 Å². The Kier molecular flexibility index (Phi) is 7.01. The number of carbonyl (C=O) groups is 1. The molecule has 1 aromatic heterocycles. The Hall–Kier alpha value is -2.00. The summed E-state index contributed by atoms with van der Waals surface area (Å²) in [5.41, 5.74) is 0. The summed E-state index contributed by atoms with van der Waals surface area (Å²) < 4.78 is 27.0. The van der Waals surface area contributed by atoms with Gasteiger partial charge in [0.1, 0.15) is 0 Å². The number of benzene rings is 1. The van der Waals surface area contributed by atoms with Crippen molar-refractivity contribution in [2.75, 3.05) is 39.3 Å². The predicted molar refractivity (Wildman–Crippen MR) is 111 cm³/mol. The van der Waals surface area contributed by atoms with E-state index in [1.807, 2.05) is 17.5 Å². The van der Waals surface area contributed by atoms with E-state index in [2.05, 4.69) is 6.58 Å². The number of thiophene rings is 1. The van der Waals surface area contributed by atoms with Crippen molar-refractivity contribution in [3.63, 3.8) is 0 Å². The zero-order chi connectivity index (χ0) is 20.0. The third-order valence-electron chi connectivity index (χ3n) is 4.84. The summed E-state index contributed by atoms with van der Waals surface area (Å²) in [6, 6.07) is 12.5. The molecule has 1 amide bonds. The van der Waals surface area contributed by atoms with Crippen molar-refractivity contribution in [2.24, 2.45) is 0 Å². The number of piperazine rings is 1. The van der Waals surface area contributed by atoms with Crippen molar-refractivity contribution in [1.29, 1.82) is 0 Å². The maximum absolute atomic E-state index is 12.8. The molecule has 0 bridgehead atoms. The molecular weight excluding hydrogens is 394 g/mol. The lowest BCUT2D eigenvalue weighted by atomic mass is 10.3. The Balaban J connectivity index is 1.55. The molecule has 8 heteroatoms. The van der Waals surface area contributed by atoms with E-state index in [0.717, 1.165) is 9.78 Å². The van der Waals surface area contributed by atoms with E-state index >= 15 is 0 Å². The summed E-state index contributed by atoms with van der Waals surface area (Å²) in [4.78, 5) is 17.1. The van der Waals surface area contributed by atoms with Crippen molar-refractivity contribution >= 4 is 27.3 Å². The van der Waals surface area contributed by atoms with Gasteiger partial charge in [-0.25, -0.2) is 8.42 Å². The Labute approximate surface area is 170 Å². The van der Waals surface area contributed by atoms with Crippen LogP contribution in [0.25, 0.3) is 0 Å². The Morgan fingerprint density at radius 2 is 1.89 bits per heavy atom. The molecule has 3 rings (SSSR count). The van der Waals surface area contributed by atoms with Gasteiger partial charge in [-0.1, -0.05) is 30.3 Å². The van der Waals surface area contributed by atoms with Crippen LogP contribution in [0.3, 0.4) is 0 Å². The smallest absolute Gasteiger partial charge is 0.278 e. The number of carbonyl (C=O) groups excluding carboxylic acids is 1. The fourth-order valence-corrected chi connectivity index (χ4v) is 5.47. The van der Waals surface area contributed by atoms with Crippen LogP contribution in [-0.2, 0) is 21.4 Å². The maximum Gasteiger partial charge on any atom is 0.278 e. The van der Waals surface area contributed by atoms with Gasteiger partial charge < -0.3 is 9.80 Å². The van der Waals surface area contributed by atoms with E-state index in [4.69, 9.17) is 0 Å². The second-order valence-corrected chi connectivity index (χ2v) is 9.76. The number of sulfonamides is 1. The monoisotopic (exact) mass is 420 g/mol. The van der Waals surface area contributed by atoms with Gasteiger partial charge >= 0.3 is 0 Å². The van der Waals surface area contributed by atoms with Crippen LogP contribution in [0.1, 0.15) is 4.88 Å². The van der Waals surface area contributed by atoms with Crippen LogP contribution in [0.15, 0.2) is 65.4 Å². The van der Waals surface area contributed by atoms with Crippen molar-refractivity contribution in [3.8, 4) is 0 Å². The average molecular weight is 421 g/mol. The molecule has 28 heavy (non-hydrogen) atoms. The van der Waals surface area contributed by atoms with Crippen LogP contribution in [0.5, 0.6) is 0 Å². The van der Waals surface area contributed by atoms with Crippen LogP contribution >= 0.6 is 11.3 Å². The molecule has 1 aromatic carbocycles. The molecule has 1 saturated heterocycles. The van der Waals surface area contributed by atoms with Crippen molar-refractivity contribution < 1.29 is 18.1 Å². The predicted octanol–water partition coefficient (Wildman–Crippen LogP) is 0.852. The zero-order valence-electron chi connectivity index (χ0n) is 15.8. The maximum atomic E-state index is 12.8. The van der Waals surface area contributed by atoms with E-state index < -0.39 is 10.0 Å². The number of nitrogens with zero attached hydrogens (tertiary/aromatic N) is 2. The molecule has 2 heterocycles. The summed E-state index contributed by atoms with van der Waals surface area (Å²) >= 11 is 1.63. The molecule has 1 N–H and O–H groups in total. The molecule has 150 valence electrons. The van der Waals surface area contributed by atoms with Crippen molar-refractivity contribution in [2.45, 2.75) is 11.4 Å². The third-order valence-corrected chi connectivity index (χ3v) is 7.61. The normalized spacial score (nSPS) is 16.0. The SMILES string of the molecule is C=CCN(Cc1cccs1)C(=O)C[NH+]1CCN(S(=O)(=O)c2ccccc2)CC1. The van der Waals surface area contributed by atoms with Crippen molar-refractivity contribution in [1.82, 2.24) is 9.21 Å². The minimum atomic E-state index is -3.46. The second kappa shape index (κ2) is 9.47. The molecule has 1 aliphatic rings. The standard InChI is InChI=1S/C20H25N3O3S2/c1-2-10-22(16-18-7-6-15-27-18)20(24)17-21-11-13-23(14-12-21)28(25,26)19-8-4-3-5-9-19/h2-9,15H,1,10-14,16-17H2/p+1. The highest BCUT2D eigenvalue weighted by Gasteiger charge is 2.31. The number of hydrogen-bond acceptors (Lipinski definition) is 4. The molecule has 0 atom stereocenters. The Morgan fingerprint density at radius 3 is 2.50 bits per heavy atom. The van der Waals surface area contributed by atoms with Gasteiger partial charge in [-0.3, -0.25) is 4.79 Å². The van der Waals surface area contributed by atoms with Gasteiger partial charge in [-0.2, -0.15) is 4.31 Å². The summed E-state index contributed by atoms with van der Waals surface area (Å²) in [7, 11) is -3.46. The van der Waals surface area contributed by atoms with E-state index in [1.165, 1.54) is 4.31 Å². The van der Waals surface area contributed by atoms with Gasteiger partial charge in [0.2, 0.25) is 10.0 Å². The molecule has 0 aliphatic carbocycles. The van der Waals surface area contributed by atoms with Gasteiger partial charge in [0.15, 0.2) is 6.54 Å². The number of rotatable bonds is 8. The van der Waals surface area contributed by atoms with Crippen LogP contribution < -0.4 is 4.90 Å². The van der Waals surface area contributed by atoms with Crippen LogP contribution in [-0.4, -0.2) is 62.8 Å². The van der Waals surface area contributed by atoms with Gasteiger partial charge in [0.25, 0.3) is 5.91 Å². The number of quaternary nitrogens is 1. The number of nitrogens with one attached hydrogen (secondary N) is 1. The van der Waals surface area contributed by atoms with Gasteiger partial charge in [0.05, 0.1) is 37.6 Å². The molecule has 1 aliphatic heterocycles. The molecule has 0 spiro atoms. The first-order chi connectivity index (χ1) is 13.5.